The maximum atomic E-state index is 13.2. The van der Waals surface area contributed by atoms with Crippen LogP contribution in [0.2, 0.25) is 5.02 Å². The van der Waals surface area contributed by atoms with Gasteiger partial charge in [0.1, 0.15) is 11.5 Å². The van der Waals surface area contributed by atoms with Crippen molar-refractivity contribution in [2.75, 3.05) is 11.1 Å². The van der Waals surface area contributed by atoms with Gasteiger partial charge >= 0.3 is 0 Å². The molecule has 0 fully saturated rings. The lowest BCUT2D eigenvalue weighted by Crippen LogP contribution is -2.14. The Kier molecular flexibility index (Phi) is 6.20. The molecule has 2 aromatic heterocycles. The monoisotopic (exact) mass is 403 g/mol. The van der Waals surface area contributed by atoms with Crippen molar-refractivity contribution in [3.63, 3.8) is 0 Å². The Labute approximate surface area is 164 Å². The molecule has 0 saturated heterocycles. The van der Waals surface area contributed by atoms with E-state index in [2.05, 4.69) is 27.1 Å². The fraction of sp³-hybridized carbons (Fsp3) is 0.111. The van der Waals surface area contributed by atoms with E-state index in [0.29, 0.717) is 28.9 Å². The summed E-state index contributed by atoms with van der Waals surface area (Å²) >= 11 is 6.95. The van der Waals surface area contributed by atoms with Crippen molar-refractivity contribution in [2.24, 2.45) is 0 Å². The molecule has 0 unspecified atom stereocenters. The molecule has 0 aliphatic heterocycles. The summed E-state index contributed by atoms with van der Waals surface area (Å²) in [5.41, 5.74) is 1.11. The minimum Gasteiger partial charge on any atom is -0.325 e. The number of nitrogens with one attached hydrogen (secondary N) is 1. The molecule has 0 atom stereocenters. The highest BCUT2D eigenvalue weighted by atomic mass is 35.5. The third-order valence-electron chi connectivity index (χ3n) is 3.46. The smallest absolute Gasteiger partial charge is 0.234 e. The highest BCUT2D eigenvalue weighted by Crippen LogP contribution is 2.23. The Bertz CT molecular complexity index is 964. The number of pyridine rings is 1. The first-order chi connectivity index (χ1) is 13.1. The average molecular weight is 404 g/mol. The first-order valence-corrected chi connectivity index (χ1v) is 9.28. The van der Waals surface area contributed by atoms with E-state index in [4.69, 9.17) is 11.6 Å². The van der Waals surface area contributed by atoms with E-state index in [9.17, 15) is 9.18 Å². The lowest BCUT2D eigenvalue weighted by molar-refractivity contribution is -0.113. The van der Waals surface area contributed by atoms with Gasteiger partial charge in [0.15, 0.2) is 11.0 Å². The number of hydrogen-bond acceptors (Lipinski definition) is 5. The van der Waals surface area contributed by atoms with Gasteiger partial charge in [0, 0.05) is 18.4 Å². The molecule has 0 aliphatic carbocycles. The van der Waals surface area contributed by atoms with Crippen molar-refractivity contribution in [2.45, 2.75) is 11.7 Å². The summed E-state index contributed by atoms with van der Waals surface area (Å²) < 4.78 is 15.0. The van der Waals surface area contributed by atoms with Crippen LogP contribution in [0.15, 0.2) is 60.4 Å². The molecule has 0 radical (unpaired) electrons. The first kappa shape index (κ1) is 19.1. The standard InChI is InChI=1S/C18H15ClFN5OS/c1-2-9-25-17(15-5-3-4-8-21-15)23-24-18(25)27-11-16(26)22-12-6-7-14(20)13(19)10-12/h2-8,10H,1,9,11H2,(H,22,26). The van der Waals surface area contributed by atoms with Gasteiger partial charge in [-0.1, -0.05) is 35.5 Å². The number of aromatic nitrogens is 4. The van der Waals surface area contributed by atoms with Crippen LogP contribution in [0.25, 0.3) is 11.5 Å². The van der Waals surface area contributed by atoms with Gasteiger partial charge in [-0.25, -0.2) is 4.39 Å². The zero-order chi connectivity index (χ0) is 19.2. The predicted octanol–water partition coefficient (Wildman–Crippen LogP) is 4.05. The van der Waals surface area contributed by atoms with Crippen LogP contribution in [0.5, 0.6) is 0 Å². The second-order valence-corrected chi connectivity index (χ2v) is 6.74. The molecule has 6 nitrogen and oxygen atoms in total. The maximum absolute atomic E-state index is 13.2. The maximum Gasteiger partial charge on any atom is 0.234 e. The van der Waals surface area contributed by atoms with Crippen LogP contribution < -0.4 is 5.32 Å². The zero-order valence-electron chi connectivity index (χ0n) is 14.1. The lowest BCUT2D eigenvalue weighted by atomic mass is 10.3. The highest BCUT2D eigenvalue weighted by Gasteiger charge is 2.15. The predicted molar refractivity (Wildman–Crippen MR) is 104 cm³/mol. The molecule has 1 aromatic carbocycles. The Balaban J connectivity index is 1.70. The average Bonchev–Trinajstić information content (AvgIpc) is 3.07. The van der Waals surface area contributed by atoms with Gasteiger partial charge in [-0.05, 0) is 30.3 Å². The van der Waals surface area contributed by atoms with Crippen LogP contribution in [0, 0.1) is 5.82 Å². The highest BCUT2D eigenvalue weighted by molar-refractivity contribution is 7.99. The Morgan fingerprint density at radius 2 is 2.19 bits per heavy atom. The molecule has 3 rings (SSSR count). The van der Waals surface area contributed by atoms with E-state index in [0.717, 1.165) is 0 Å². The molecule has 1 N–H and O–H groups in total. The largest absolute Gasteiger partial charge is 0.325 e. The minimum absolute atomic E-state index is 0.0498. The summed E-state index contributed by atoms with van der Waals surface area (Å²) in [6.07, 6.45) is 3.40. The number of carbonyl (C=O) groups is 1. The van der Waals surface area contributed by atoms with E-state index < -0.39 is 5.82 Å². The number of amides is 1. The molecule has 2 heterocycles. The Morgan fingerprint density at radius 3 is 2.89 bits per heavy atom. The van der Waals surface area contributed by atoms with Gasteiger partial charge in [0.2, 0.25) is 5.91 Å². The molecular formula is C18H15ClFN5OS. The fourth-order valence-corrected chi connectivity index (χ4v) is 3.20. The summed E-state index contributed by atoms with van der Waals surface area (Å²) in [5, 5.41) is 11.5. The van der Waals surface area contributed by atoms with E-state index in [1.165, 1.54) is 30.0 Å². The number of hydrogen-bond donors (Lipinski definition) is 1. The molecule has 0 saturated carbocycles. The SMILES string of the molecule is C=CCn1c(SCC(=O)Nc2ccc(F)c(Cl)c2)nnc1-c1ccccn1. The van der Waals surface area contributed by atoms with Crippen LogP contribution in [-0.4, -0.2) is 31.4 Å². The second-order valence-electron chi connectivity index (χ2n) is 5.39. The van der Waals surface area contributed by atoms with Crippen molar-refractivity contribution in [3.05, 3.63) is 66.1 Å². The number of benzene rings is 1. The molecule has 1 amide bonds. The van der Waals surface area contributed by atoms with Crippen LogP contribution in [0.4, 0.5) is 10.1 Å². The molecule has 0 bridgehead atoms. The quantitative estimate of drug-likeness (QED) is 0.476. The number of allylic oxidation sites excluding steroid dienone is 1. The van der Waals surface area contributed by atoms with E-state index >= 15 is 0 Å². The molecule has 0 aliphatic rings. The van der Waals surface area contributed by atoms with Crippen LogP contribution in [0.3, 0.4) is 0 Å². The first-order valence-electron chi connectivity index (χ1n) is 7.91. The number of thioether (sulfide) groups is 1. The molecule has 3 aromatic rings. The number of anilines is 1. The van der Waals surface area contributed by atoms with Crippen molar-refractivity contribution < 1.29 is 9.18 Å². The third-order valence-corrected chi connectivity index (χ3v) is 4.71. The van der Waals surface area contributed by atoms with E-state index in [1.807, 2.05) is 22.8 Å². The number of halogens is 2. The van der Waals surface area contributed by atoms with Crippen LogP contribution in [0.1, 0.15) is 0 Å². The Morgan fingerprint density at radius 1 is 1.33 bits per heavy atom. The number of rotatable bonds is 7. The van der Waals surface area contributed by atoms with Gasteiger partial charge in [0.25, 0.3) is 0 Å². The summed E-state index contributed by atoms with van der Waals surface area (Å²) in [6, 6.07) is 9.53. The van der Waals surface area contributed by atoms with Gasteiger partial charge < -0.3 is 5.32 Å². The van der Waals surface area contributed by atoms with Crippen LogP contribution >= 0.6 is 23.4 Å². The van der Waals surface area contributed by atoms with Crippen LogP contribution in [-0.2, 0) is 11.3 Å². The molecular weight excluding hydrogens is 389 g/mol. The molecule has 27 heavy (non-hydrogen) atoms. The van der Waals surface area contributed by atoms with E-state index in [-0.39, 0.29) is 16.7 Å². The van der Waals surface area contributed by atoms with Gasteiger partial charge in [-0.2, -0.15) is 0 Å². The topological polar surface area (TPSA) is 72.7 Å². The number of nitrogens with zero attached hydrogens (tertiary/aromatic N) is 4. The normalized spacial score (nSPS) is 10.6. The fourth-order valence-electron chi connectivity index (χ4n) is 2.27. The summed E-state index contributed by atoms with van der Waals surface area (Å²) in [4.78, 5) is 16.5. The van der Waals surface area contributed by atoms with Gasteiger partial charge in [-0.15, -0.1) is 16.8 Å². The summed E-state index contributed by atoms with van der Waals surface area (Å²) in [5.74, 6) is -0.102. The lowest BCUT2D eigenvalue weighted by Gasteiger charge is -2.08. The summed E-state index contributed by atoms with van der Waals surface area (Å²) in [7, 11) is 0. The van der Waals surface area contributed by atoms with Crippen molar-refractivity contribution >= 4 is 35.0 Å². The molecule has 9 heteroatoms. The van der Waals surface area contributed by atoms with Crippen molar-refractivity contribution in [1.29, 1.82) is 0 Å². The van der Waals surface area contributed by atoms with Crippen molar-refractivity contribution in [1.82, 2.24) is 19.7 Å². The summed E-state index contributed by atoms with van der Waals surface area (Å²) in [6.45, 7) is 4.23. The number of carbonyl (C=O) groups excluding carboxylic acids is 1. The third kappa shape index (κ3) is 4.72. The van der Waals surface area contributed by atoms with Crippen molar-refractivity contribution in [3.8, 4) is 11.5 Å². The minimum atomic E-state index is -0.538. The van der Waals surface area contributed by atoms with Gasteiger partial charge in [0.05, 0.1) is 10.8 Å². The van der Waals surface area contributed by atoms with E-state index in [1.54, 1.807) is 12.3 Å². The molecule has 0 spiro atoms. The second kappa shape index (κ2) is 8.79. The Hall–Kier alpha value is -2.71. The van der Waals surface area contributed by atoms with Gasteiger partial charge in [-0.3, -0.25) is 14.3 Å². The zero-order valence-corrected chi connectivity index (χ0v) is 15.7. The molecule has 138 valence electrons.